The van der Waals surface area contributed by atoms with Crippen molar-refractivity contribution in [2.24, 2.45) is 0 Å². The van der Waals surface area contributed by atoms with Crippen LogP contribution >= 0.6 is 0 Å². The summed E-state index contributed by atoms with van der Waals surface area (Å²) in [4.78, 5) is 0. The zero-order chi connectivity index (χ0) is 8.81. The molecule has 0 atom stereocenters. The second kappa shape index (κ2) is 4.85. The van der Waals surface area contributed by atoms with Crippen molar-refractivity contribution in [2.45, 2.75) is 32.9 Å². The molecule has 0 amide bonds. The summed E-state index contributed by atoms with van der Waals surface area (Å²) in [7, 11) is 0. The average molecular weight is 172 g/mol. The topological polar surface area (TPSA) is 21.7 Å². The molecule has 0 aliphatic rings. The van der Waals surface area contributed by atoms with E-state index in [-0.39, 0.29) is 6.67 Å². The summed E-state index contributed by atoms with van der Waals surface area (Å²) in [5.74, 6) is 0. The van der Waals surface area contributed by atoms with Gasteiger partial charge in [0.15, 0.2) is 0 Å². The molecule has 1 aromatic heterocycles. The van der Waals surface area contributed by atoms with Crippen LogP contribution in [-0.4, -0.2) is 16.5 Å². The quantitative estimate of drug-likeness (QED) is 0.606. The third-order valence-electron chi connectivity index (χ3n) is 1.71. The van der Waals surface area contributed by atoms with Gasteiger partial charge in [-0.15, -0.1) is 4.68 Å². The number of halogens is 1. The number of aromatic nitrogens is 3. The second-order valence-corrected chi connectivity index (χ2v) is 2.79. The normalized spacial score (nSPS) is 10.5. The molecular weight excluding hydrogens is 157 g/mol. The Morgan fingerprint density at radius 3 is 3.08 bits per heavy atom. The molecule has 0 fully saturated rings. The summed E-state index contributed by atoms with van der Waals surface area (Å²) in [6.45, 7) is 3.14. The molecule has 0 aromatic carbocycles. The molecule has 0 spiro atoms. The SMILES string of the molecule is CCCCn1c[n+](CCF)cn1. The van der Waals surface area contributed by atoms with Crippen molar-refractivity contribution in [3.8, 4) is 0 Å². The second-order valence-electron chi connectivity index (χ2n) is 2.79. The maximum Gasteiger partial charge on any atom is 0.265 e. The Morgan fingerprint density at radius 1 is 1.58 bits per heavy atom. The van der Waals surface area contributed by atoms with Crippen LogP contribution in [0.2, 0.25) is 0 Å². The Bertz CT molecular complexity index is 222. The molecule has 68 valence electrons. The fraction of sp³-hybridized carbons (Fsp3) is 0.750. The fourth-order valence-electron chi connectivity index (χ4n) is 1.01. The number of hydrogen-bond donors (Lipinski definition) is 0. The van der Waals surface area contributed by atoms with E-state index in [4.69, 9.17) is 0 Å². The van der Waals surface area contributed by atoms with Gasteiger partial charge in [0.2, 0.25) is 6.33 Å². The Balaban J connectivity index is 2.41. The highest BCUT2D eigenvalue weighted by molar-refractivity contribution is 4.46. The lowest BCUT2D eigenvalue weighted by Gasteiger charge is -1.89. The maximum atomic E-state index is 11.9. The molecule has 0 radical (unpaired) electrons. The third kappa shape index (κ3) is 2.60. The molecule has 0 N–H and O–H groups in total. The van der Waals surface area contributed by atoms with Crippen LogP contribution < -0.4 is 4.57 Å². The molecule has 0 unspecified atom stereocenters. The minimum atomic E-state index is -0.329. The standard InChI is InChI=1S/C8H15FN3/c1-2-3-5-12-8-11(6-4-9)7-10-12/h7-8H,2-6H2,1H3/q+1. The van der Waals surface area contributed by atoms with Crippen molar-refractivity contribution in [1.82, 2.24) is 9.78 Å². The molecule has 0 saturated heterocycles. The van der Waals surface area contributed by atoms with Crippen molar-refractivity contribution in [3.05, 3.63) is 12.7 Å². The van der Waals surface area contributed by atoms with Crippen LogP contribution in [0.5, 0.6) is 0 Å². The van der Waals surface area contributed by atoms with Crippen molar-refractivity contribution in [3.63, 3.8) is 0 Å². The van der Waals surface area contributed by atoms with E-state index in [2.05, 4.69) is 12.0 Å². The average Bonchev–Trinajstić information content (AvgIpc) is 2.50. The molecular formula is C8H15FN3+. The van der Waals surface area contributed by atoms with Gasteiger partial charge in [0.05, 0.1) is 6.54 Å². The Hall–Kier alpha value is -0.930. The predicted molar refractivity (Wildman–Crippen MR) is 43.3 cm³/mol. The van der Waals surface area contributed by atoms with Crippen molar-refractivity contribution < 1.29 is 8.96 Å². The van der Waals surface area contributed by atoms with Gasteiger partial charge in [-0.1, -0.05) is 13.3 Å². The number of aryl methyl sites for hydroxylation is 2. The smallest absolute Gasteiger partial charge is 0.248 e. The molecule has 0 saturated carbocycles. The number of alkyl halides is 1. The van der Waals surface area contributed by atoms with E-state index < -0.39 is 0 Å². The summed E-state index contributed by atoms with van der Waals surface area (Å²) in [5.41, 5.74) is 0. The highest BCUT2D eigenvalue weighted by Gasteiger charge is 2.03. The first kappa shape index (κ1) is 9.16. The van der Waals surface area contributed by atoms with Gasteiger partial charge in [0.25, 0.3) is 6.33 Å². The van der Waals surface area contributed by atoms with Crippen molar-refractivity contribution in [1.29, 1.82) is 0 Å². The van der Waals surface area contributed by atoms with E-state index in [1.807, 2.05) is 11.0 Å². The van der Waals surface area contributed by atoms with E-state index in [9.17, 15) is 4.39 Å². The molecule has 3 nitrogen and oxygen atoms in total. The van der Waals surface area contributed by atoms with Gasteiger partial charge in [-0.3, -0.25) is 0 Å². The molecule has 1 rings (SSSR count). The van der Waals surface area contributed by atoms with Gasteiger partial charge >= 0.3 is 0 Å². The lowest BCUT2D eigenvalue weighted by molar-refractivity contribution is -0.697. The Morgan fingerprint density at radius 2 is 2.42 bits per heavy atom. The first-order chi connectivity index (χ1) is 5.86. The van der Waals surface area contributed by atoms with Gasteiger partial charge in [0.1, 0.15) is 13.2 Å². The summed E-state index contributed by atoms with van der Waals surface area (Å²) < 4.78 is 15.5. The lowest BCUT2D eigenvalue weighted by atomic mass is 10.3. The minimum absolute atomic E-state index is 0.329. The first-order valence-electron chi connectivity index (χ1n) is 4.34. The highest BCUT2D eigenvalue weighted by atomic mass is 19.1. The summed E-state index contributed by atoms with van der Waals surface area (Å²) in [6, 6.07) is 0. The molecule has 1 aromatic rings. The third-order valence-corrected chi connectivity index (χ3v) is 1.71. The first-order valence-corrected chi connectivity index (χ1v) is 4.34. The van der Waals surface area contributed by atoms with Gasteiger partial charge in [0, 0.05) is 5.10 Å². The van der Waals surface area contributed by atoms with Crippen LogP contribution in [-0.2, 0) is 13.1 Å². The number of rotatable bonds is 5. The van der Waals surface area contributed by atoms with Gasteiger partial charge in [-0.2, -0.15) is 0 Å². The van der Waals surface area contributed by atoms with Crippen LogP contribution in [0.25, 0.3) is 0 Å². The van der Waals surface area contributed by atoms with Crippen molar-refractivity contribution in [2.75, 3.05) is 6.67 Å². The van der Waals surface area contributed by atoms with E-state index in [0.717, 1.165) is 19.4 Å². The monoisotopic (exact) mass is 172 g/mol. The predicted octanol–water partition coefficient (Wildman–Crippen LogP) is 0.940. The van der Waals surface area contributed by atoms with Gasteiger partial charge in [-0.25, -0.2) is 8.96 Å². The summed E-state index contributed by atoms with van der Waals surface area (Å²) in [6.07, 6.45) is 5.78. The summed E-state index contributed by atoms with van der Waals surface area (Å²) in [5, 5.41) is 4.09. The molecule has 0 aliphatic carbocycles. The fourth-order valence-corrected chi connectivity index (χ4v) is 1.01. The van der Waals surface area contributed by atoms with E-state index in [1.165, 1.54) is 0 Å². The largest absolute Gasteiger partial charge is 0.265 e. The molecule has 0 bridgehead atoms. The minimum Gasteiger partial charge on any atom is -0.248 e. The maximum absolute atomic E-state index is 11.9. The van der Waals surface area contributed by atoms with Crippen LogP contribution in [0.15, 0.2) is 12.7 Å². The highest BCUT2D eigenvalue weighted by Crippen LogP contribution is 1.89. The number of nitrogens with zero attached hydrogens (tertiary/aromatic N) is 3. The lowest BCUT2D eigenvalue weighted by Crippen LogP contribution is -2.32. The van der Waals surface area contributed by atoms with Crippen LogP contribution in [0.4, 0.5) is 4.39 Å². The van der Waals surface area contributed by atoms with Gasteiger partial charge < -0.3 is 0 Å². The van der Waals surface area contributed by atoms with E-state index in [0.29, 0.717) is 6.54 Å². The Labute approximate surface area is 71.8 Å². The van der Waals surface area contributed by atoms with Crippen LogP contribution in [0.3, 0.4) is 0 Å². The number of unbranched alkanes of at least 4 members (excludes halogenated alkanes) is 1. The van der Waals surface area contributed by atoms with Crippen molar-refractivity contribution >= 4 is 0 Å². The number of hydrogen-bond acceptors (Lipinski definition) is 1. The van der Waals surface area contributed by atoms with Crippen LogP contribution in [0.1, 0.15) is 19.8 Å². The molecule has 12 heavy (non-hydrogen) atoms. The molecule has 1 heterocycles. The van der Waals surface area contributed by atoms with E-state index >= 15 is 0 Å². The summed E-state index contributed by atoms with van der Waals surface area (Å²) >= 11 is 0. The molecule has 0 aliphatic heterocycles. The van der Waals surface area contributed by atoms with Crippen LogP contribution in [0, 0.1) is 0 Å². The van der Waals surface area contributed by atoms with E-state index in [1.54, 1.807) is 10.9 Å². The Kier molecular flexibility index (Phi) is 3.70. The van der Waals surface area contributed by atoms with Gasteiger partial charge in [-0.05, 0) is 6.42 Å². The molecule has 4 heteroatoms. The zero-order valence-corrected chi connectivity index (χ0v) is 7.41. The zero-order valence-electron chi connectivity index (χ0n) is 7.41.